The van der Waals surface area contributed by atoms with Crippen LogP contribution in [0.15, 0.2) is 34.7 Å². The van der Waals surface area contributed by atoms with Gasteiger partial charge in [0.25, 0.3) is 5.56 Å². The number of thiazole rings is 1. The van der Waals surface area contributed by atoms with Crippen LogP contribution in [-0.2, 0) is 0 Å². The van der Waals surface area contributed by atoms with Gasteiger partial charge >= 0.3 is 0 Å². The van der Waals surface area contributed by atoms with Gasteiger partial charge in [-0.1, -0.05) is 11.6 Å². The number of aromatic amines is 1. The van der Waals surface area contributed by atoms with E-state index in [2.05, 4.69) is 15.0 Å². The molecule has 6 heteroatoms. The third kappa shape index (κ3) is 1.83. The summed E-state index contributed by atoms with van der Waals surface area (Å²) in [6.45, 7) is 0. The monoisotopic (exact) mass is 263 g/mol. The largest absolute Gasteiger partial charge is 0.305 e. The fraction of sp³-hybridized carbons (Fsp3) is 0. The second-order valence-electron chi connectivity index (χ2n) is 3.44. The lowest BCUT2D eigenvalue weighted by atomic mass is 10.2. The van der Waals surface area contributed by atoms with Crippen molar-refractivity contribution >= 4 is 33.8 Å². The number of hydrogen-bond donors (Lipinski definition) is 1. The summed E-state index contributed by atoms with van der Waals surface area (Å²) in [6, 6.07) is 5.06. The summed E-state index contributed by atoms with van der Waals surface area (Å²) >= 11 is 7.27. The zero-order valence-corrected chi connectivity index (χ0v) is 10.0. The minimum absolute atomic E-state index is 0.194. The Labute approximate surface area is 105 Å². The van der Waals surface area contributed by atoms with Crippen LogP contribution in [0.1, 0.15) is 0 Å². The number of aromatic nitrogens is 3. The first kappa shape index (κ1) is 10.4. The fourth-order valence-electron chi connectivity index (χ4n) is 1.56. The molecule has 3 rings (SSSR count). The van der Waals surface area contributed by atoms with Gasteiger partial charge in [-0.05, 0) is 18.2 Å². The summed E-state index contributed by atoms with van der Waals surface area (Å²) in [6.07, 6.45) is 1.67. The van der Waals surface area contributed by atoms with Crippen molar-refractivity contribution in [1.29, 1.82) is 0 Å². The van der Waals surface area contributed by atoms with Crippen LogP contribution in [0, 0.1) is 0 Å². The van der Waals surface area contributed by atoms with Crippen LogP contribution in [0.3, 0.4) is 0 Å². The van der Waals surface area contributed by atoms with Crippen molar-refractivity contribution in [1.82, 2.24) is 15.0 Å². The summed E-state index contributed by atoms with van der Waals surface area (Å²) in [7, 11) is 0. The molecule has 0 saturated heterocycles. The molecule has 2 aromatic heterocycles. The van der Waals surface area contributed by atoms with Gasteiger partial charge in [0.05, 0.1) is 21.3 Å². The van der Waals surface area contributed by atoms with Crippen LogP contribution in [0.25, 0.3) is 21.6 Å². The van der Waals surface area contributed by atoms with Crippen LogP contribution in [-0.4, -0.2) is 15.0 Å². The highest BCUT2D eigenvalue weighted by Crippen LogP contribution is 2.21. The number of hydrogen-bond acceptors (Lipinski definition) is 4. The molecule has 4 nitrogen and oxygen atoms in total. The molecule has 1 N–H and O–H groups in total. The predicted octanol–water partition coefficient (Wildman–Crippen LogP) is 2.70. The Balaban J connectivity index is 2.32. The number of fused-ring (bicyclic) bond motifs is 1. The Morgan fingerprint density at radius 3 is 3.00 bits per heavy atom. The van der Waals surface area contributed by atoms with Crippen LogP contribution in [0.2, 0.25) is 5.02 Å². The number of benzene rings is 1. The summed E-state index contributed by atoms with van der Waals surface area (Å²) in [5.41, 5.74) is 2.13. The molecule has 0 spiro atoms. The average molecular weight is 264 g/mol. The summed E-state index contributed by atoms with van der Waals surface area (Å²) in [4.78, 5) is 23.8. The summed E-state index contributed by atoms with van der Waals surface area (Å²) in [5, 5.41) is 1.01. The highest BCUT2D eigenvalue weighted by Gasteiger charge is 2.07. The van der Waals surface area contributed by atoms with E-state index in [0.29, 0.717) is 21.7 Å². The Morgan fingerprint density at radius 2 is 2.24 bits per heavy atom. The van der Waals surface area contributed by atoms with Crippen molar-refractivity contribution in [3.8, 4) is 10.7 Å². The van der Waals surface area contributed by atoms with Crippen molar-refractivity contribution in [2.24, 2.45) is 0 Å². The standard InChI is InChI=1S/C11H6ClN3OS/c12-6-1-2-8-7(3-6)11(16)15-10(14-8)9-4-13-5-17-9/h1-5H,(H,14,15,16). The lowest BCUT2D eigenvalue weighted by Crippen LogP contribution is -2.09. The van der Waals surface area contributed by atoms with E-state index >= 15 is 0 Å². The van der Waals surface area contributed by atoms with Gasteiger partial charge in [0, 0.05) is 11.2 Å². The molecule has 0 radical (unpaired) electrons. The van der Waals surface area contributed by atoms with Crippen molar-refractivity contribution < 1.29 is 0 Å². The molecule has 84 valence electrons. The molecular formula is C11H6ClN3OS. The molecule has 3 aromatic rings. The molecule has 0 bridgehead atoms. The quantitative estimate of drug-likeness (QED) is 0.734. The number of rotatable bonds is 1. The Morgan fingerprint density at radius 1 is 1.35 bits per heavy atom. The van der Waals surface area contributed by atoms with E-state index in [-0.39, 0.29) is 5.56 Å². The van der Waals surface area contributed by atoms with Gasteiger partial charge in [-0.2, -0.15) is 0 Å². The molecule has 0 aliphatic carbocycles. The average Bonchev–Trinajstić information content (AvgIpc) is 2.83. The van der Waals surface area contributed by atoms with Gasteiger partial charge in [0.1, 0.15) is 0 Å². The molecule has 0 fully saturated rings. The molecular weight excluding hydrogens is 258 g/mol. The SMILES string of the molecule is O=c1[nH]c(-c2cncs2)nc2ccc(Cl)cc12. The van der Waals surface area contributed by atoms with E-state index in [1.165, 1.54) is 11.3 Å². The van der Waals surface area contributed by atoms with Crippen molar-refractivity contribution in [3.63, 3.8) is 0 Å². The minimum Gasteiger partial charge on any atom is -0.305 e. The fourth-order valence-corrected chi connectivity index (χ4v) is 2.30. The van der Waals surface area contributed by atoms with E-state index in [4.69, 9.17) is 11.6 Å². The Hall–Kier alpha value is -1.72. The second kappa shape index (κ2) is 3.94. The number of H-pyrrole nitrogens is 1. The highest BCUT2D eigenvalue weighted by molar-refractivity contribution is 7.13. The molecule has 0 aliphatic heterocycles. The Bertz CT molecular complexity index is 736. The minimum atomic E-state index is -0.194. The highest BCUT2D eigenvalue weighted by atomic mass is 35.5. The Kier molecular flexibility index (Phi) is 2.42. The lowest BCUT2D eigenvalue weighted by Gasteiger charge is -2.00. The predicted molar refractivity (Wildman–Crippen MR) is 68.5 cm³/mol. The van der Waals surface area contributed by atoms with Gasteiger partial charge in [0.15, 0.2) is 5.82 Å². The van der Waals surface area contributed by atoms with E-state index in [1.807, 2.05) is 0 Å². The molecule has 0 amide bonds. The second-order valence-corrected chi connectivity index (χ2v) is 4.76. The maximum absolute atomic E-state index is 11.9. The molecule has 0 aliphatic rings. The van der Waals surface area contributed by atoms with Gasteiger partial charge in [-0.25, -0.2) is 4.98 Å². The van der Waals surface area contributed by atoms with E-state index < -0.39 is 0 Å². The molecule has 0 saturated carbocycles. The van der Waals surface area contributed by atoms with Crippen LogP contribution < -0.4 is 5.56 Å². The molecule has 17 heavy (non-hydrogen) atoms. The van der Waals surface area contributed by atoms with Crippen molar-refractivity contribution in [2.75, 3.05) is 0 Å². The van der Waals surface area contributed by atoms with E-state index in [1.54, 1.807) is 29.9 Å². The van der Waals surface area contributed by atoms with Gasteiger partial charge in [-0.15, -0.1) is 11.3 Å². The third-order valence-electron chi connectivity index (χ3n) is 2.33. The van der Waals surface area contributed by atoms with Crippen molar-refractivity contribution in [2.45, 2.75) is 0 Å². The van der Waals surface area contributed by atoms with E-state index in [9.17, 15) is 4.79 Å². The maximum Gasteiger partial charge on any atom is 0.259 e. The number of halogens is 1. The van der Waals surface area contributed by atoms with Crippen LogP contribution in [0.4, 0.5) is 0 Å². The molecule has 0 unspecified atom stereocenters. The first-order chi connectivity index (χ1) is 8.24. The van der Waals surface area contributed by atoms with Crippen molar-refractivity contribution in [3.05, 3.63) is 45.3 Å². The lowest BCUT2D eigenvalue weighted by molar-refractivity contribution is 1.18. The zero-order chi connectivity index (χ0) is 11.8. The molecule has 1 aromatic carbocycles. The number of nitrogens with zero attached hydrogens (tertiary/aromatic N) is 2. The van der Waals surface area contributed by atoms with Gasteiger partial charge in [0.2, 0.25) is 0 Å². The molecule has 0 atom stereocenters. The topological polar surface area (TPSA) is 58.6 Å². The van der Waals surface area contributed by atoms with Gasteiger partial charge < -0.3 is 4.98 Å². The van der Waals surface area contributed by atoms with Crippen LogP contribution >= 0.6 is 22.9 Å². The first-order valence-electron chi connectivity index (χ1n) is 4.82. The third-order valence-corrected chi connectivity index (χ3v) is 3.35. The summed E-state index contributed by atoms with van der Waals surface area (Å²) in [5.74, 6) is 0.535. The first-order valence-corrected chi connectivity index (χ1v) is 6.08. The van der Waals surface area contributed by atoms with E-state index in [0.717, 1.165) is 4.88 Å². The molecule has 2 heterocycles. The van der Waals surface area contributed by atoms with Crippen LogP contribution in [0.5, 0.6) is 0 Å². The van der Waals surface area contributed by atoms with Gasteiger partial charge in [-0.3, -0.25) is 9.78 Å². The normalized spacial score (nSPS) is 10.9. The zero-order valence-electron chi connectivity index (χ0n) is 8.48. The maximum atomic E-state index is 11.9. The smallest absolute Gasteiger partial charge is 0.259 e. The summed E-state index contributed by atoms with van der Waals surface area (Å²) < 4.78 is 0. The number of nitrogens with one attached hydrogen (secondary N) is 1.